The third kappa shape index (κ3) is 2.95. The normalized spacial score (nSPS) is 22.0. The molecule has 1 fully saturated rings. The van der Waals surface area contributed by atoms with E-state index in [0.29, 0.717) is 5.92 Å². The Kier molecular flexibility index (Phi) is 4.45. The summed E-state index contributed by atoms with van der Waals surface area (Å²) in [5.41, 5.74) is 7.08. The van der Waals surface area contributed by atoms with Crippen molar-refractivity contribution in [3.63, 3.8) is 0 Å². The Hall–Kier alpha value is -0.390. The van der Waals surface area contributed by atoms with E-state index in [9.17, 15) is 4.79 Å². The van der Waals surface area contributed by atoms with Crippen molar-refractivity contribution in [3.8, 4) is 0 Å². The fourth-order valence-corrected chi connectivity index (χ4v) is 3.85. The SMILES string of the molecule is Cc1cc(C(=O)N2CCCC(C(C)N)C2)sc1Br. The van der Waals surface area contributed by atoms with Crippen LogP contribution in [0.1, 0.15) is 35.0 Å². The van der Waals surface area contributed by atoms with E-state index in [-0.39, 0.29) is 11.9 Å². The monoisotopic (exact) mass is 330 g/mol. The molecule has 3 nitrogen and oxygen atoms in total. The molecular weight excluding hydrogens is 312 g/mol. The third-order valence-corrected chi connectivity index (χ3v) is 5.68. The van der Waals surface area contributed by atoms with Crippen LogP contribution in [0.3, 0.4) is 0 Å². The van der Waals surface area contributed by atoms with Gasteiger partial charge in [0.25, 0.3) is 5.91 Å². The topological polar surface area (TPSA) is 46.3 Å². The van der Waals surface area contributed by atoms with Crippen LogP contribution in [0.5, 0.6) is 0 Å². The second-order valence-corrected chi connectivity index (χ2v) is 7.45. The molecule has 2 N–H and O–H groups in total. The van der Waals surface area contributed by atoms with Crippen LogP contribution in [0, 0.1) is 12.8 Å². The summed E-state index contributed by atoms with van der Waals surface area (Å²) in [4.78, 5) is 15.2. The molecule has 0 bridgehead atoms. The predicted octanol–water partition coefficient (Wildman–Crippen LogP) is 3.02. The van der Waals surface area contributed by atoms with Gasteiger partial charge in [-0.05, 0) is 60.2 Å². The molecule has 1 aromatic rings. The average Bonchev–Trinajstić information content (AvgIpc) is 2.69. The molecule has 1 aliphatic heterocycles. The van der Waals surface area contributed by atoms with E-state index >= 15 is 0 Å². The molecule has 1 saturated heterocycles. The molecule has 2 unspecified atom stereocenters. The van der Waals surface area contributed by atoms with E-state index < -0.39 is 0 Å². The van der Waals surface area contributed by atoms with Crippen LogP contribution in [-0.4, -0.2) is 29.9 Å². The Labute approximate surface area is 120 Å². The van der Waals surface area contributed by atoms with Crippen molar-refractivity contribution in [2.75, 3.05) is 13.1 Å². The highest BCUT2D eigenvalue weighted by Crippen LogP contribution is 2.29. The van der Waals surface area contributed by atoms with Gasteiger partial charge in [0.2, 0.25) is 0 Å². The Morgan fingerprint density at radius 3 is 2.94 bits per heavy atom. The minimum Gasteiger partial charge on any atom is -0.338 e. The standard InChI is InChI=1S/C13H19BrN2OS/c1-8-6-11(18-12(8)14)13(17)16-5-3-4-10(7-16)9(2)15/h6,9-10H,3-5,7,15H2,1-2H3. The number of thiophene rings is 1. The van der Waals surface area contributed by atoms with Crippen LogP contribution < -0.4 is 5.73 Å². The van der Waals surface area contributed by atoms with Gasteiger partial charge < -0.3 is 10.6 Å². The fourth-order valence-electron chi connectivity index (χ4n) is 2.34. The number of aryl methyl sites for hydroxylation is 1. The first-order valence-electron chi connectivity index (χ1n) is 6.30. The van der Waals surface area contributed by atoms with Gasteiger partial charge in [0.05, 0.1) is 8.66 Å². The smallest absolute Gasteiger partial charge is 0.263 e. The molecule has 1 amide bonds. The van der Waals surface area contributed by atoms with Gasteiger partial charge in [-0.3, -0.25) is 4.79 Å². The number of carbonyl (C=O) groups is 1. The predicted molar refractivity (Wildman–Crippen MR) is 79.0 cm³/mol. The minimum absolute atomic E-state index is 0.152. The van der Waals surface area contributed by atoms with Crippen molar-refractivity contribution >= 4 is 33.2 Å². The number of carbonyl (C=O) groups excluding carboxylic acids is 1. The molecule has 2 atom stereocenters. The van der Waals surface area contributed by atoms with Crippen LogP contribution in [-0.2, 0) is 0 Å². The van der Waals surface area contributed by atoms with Gasteiger partial charge in [-0.2, -0.15) is 0 Å². The van der Waals surface area contributed by atoms with Crippen LogP contribution in [0.25, 0.3) is 0 Å². The van der Waals surface area contributed by atoms with Crippen LogP contribution in [0.4, 0.5) is 0 Å². The third-order valence-electron chi connectivity index (χ3n) is 3.56. The summed E-state index contributed by atoms with van der Waals surface area (Å²) >= 11 is 4.99. The molecule has 1 aliphatic rings. The lowest BCUT2D eigenvalue weighted by molar-refractivity contribution is 0.0666. The molecule has 100 valence electrons. The van der Waals surface area contributed by atoms with E-state index in [1.807, 2.05) is 24.8 Å². The van der Waals surface area contributed by atoms with Crippen LogP contribution in [0.2, 0.25) is 0 Å². The molecule has 1 aromatic heterocycles. The lowest BCUT2D eigenvalue weighted by Crippen LogP contribution is -2.44. The number of rotatable bonds is 2. The first kappa shape index (κ1) is 14.0. The quantitative estimate of drug-likeness (QED) is 0.905. The maximum atomic E-state index is 12.4. The molecule has 0 radical (unpaired) electrons. The van der Waals surface area contributed by atoms with Crippen LogP contribution in [0.15, 0.2) is 9.85 Å². The molecule has 0 aromatic carbocycles. The summed E-state index contributed by atoms with van der Waals surface area (Å²) in [6.45, 7) is 5.70. The van der Waals surface area contributed by atoms with Gasteiger partial charge in [-0.1, -0.05) is 0 Å². The van der Waals surface area contributed by atoms with E-state index in [1.54, 1.807) is 0 Å². The summed E-state index contributed by atoms with van der Waals surface area (Å²) in [5.74, 6) is 0.589. The second-order valence-electron chi connectivity index (χ2n) is 5.08. The summed E-state index contributed by atoms with van der Waals surface area (Å²) in [5, 5.41) is 0. The number of nitrogens with zero attached hydrogens (tertiary/aromatic N) is 1. The highest BCUT2D eigenvalue weighted by Gasteiger charge is 2.27. The number of halogens is 1. The largest absolute Gasteiger partial charge is 0.338 e. The van der Waals surface area contributed by atoms with Gasteiger partial charge in [0.15, 0.2) is 0 Å². The maximum absolute atomic E-state index is 12.4. The Balaban J connectivity index is 2.09. The Bertz CT molecular complexity index is 425. The fraction of sp³-hybridized carbons (Fsp3) is 0.615. The number of likely N-dealkylation sites (tertiary alicyclic amines) is 1. The summed E-state index contributed by atoms with van der Waals surface area (Å²) in [6, 6.07) is 2.13. The number of amides is 1. The molecule has 0 saturated carbocycles. The Morgan fingerprint density at radius 2 is 2.39 bits per heavy atom. The van der Waals surface area contributed by atoms with Crippen molar-refractivity contribution < 1.29 is 4.79 Å². The van der Waals surface area contributed by atoms with Gasteiger partial charge in [-0.15, -0.1) is 11.3 Å². The van der Waals surface area contributed by atoms with Gasteiger partial charge in [0, 0.05) is 19.1 Å². The number of hydrogen-bond donors (Lipinski definition) is 1. The Morgan fingerprint density at radius 1 is 1.67 bits per heavy atom. The first-order valence-corrected chi connectivity index (χ1v) is 7.90. The van der Waals surface area contributed by atoms with E-state index in [2.05, 4.69) is 15.9 Å². The molecule has 18 heavy (non-hydrogen) atoms. The first-order chi connectivity index (χ1) is 8.49. The number of hydrogen-bond acceptors (Lipinski definition) is 3. The zero-order chi connectivity index (χ0) is 13.3. The van der Waals surface area contributed by atoms with E-state index in [0.717, 1.165) is 40.2 Å². The molecular formula is C13H19BrN2OS. The number of nitrogens with two attached hydrogens (primary N) is 1. The van der Waals surface area contributed by atoms with Crippen molar-refractivity contribution in [2.45, 2.75) is 32.7 Å². The van der Waals surface area contributed by atoms with Gasteiger partial charge in [0.1, 0.15) is 0 Å². The zero-order valence-electron chi connectivity index (χ0n) is 10.8. The lowest BCUT2D eigenvalue weighted by atomic mass is 9.92. The van der Waals surface area contributed by atoms with Crippen molar-refractivity contribution in [1.82, 2.24) is 4.90 Å². The van der Waals surface area contributed by atoms with Gasteiger partial charge >= 0.3 is 0 Å². The van der Waals surface area contributed by atoms with Crippen molar-refractivity contribution in [3.05, 3.63) is 20.3 Å². The van der Waals surface area contributed by atoms with E-state index in [1.165, 1.54) is 11.3 Å². The highest BCUT2D eigenvalue weighted by molar-refractivity contribution is 9.11. The zero-order valence-corrected chi connectivity index (χ0v) is 13.2. The number of piperidine rings is 1. The summed E-state index contributed by atoms with van der Waals surface area (Å²) in [7, 11) is 0. The molecule has 0 aliphatic carbocycles. The molecule has 0 spiro atoms. The molecule has 5 heteroatoms. The van der Waals surface area contributed by atoms with Crippen molar-refractivity contribution in [1.29, 1.82) is 0 Å². The highest BCUT2D eigenvalue weighted by atomic mass is 79.9. The molecule has 2 heterocycles. The van der Waals surface area contributed by atoms with Gasteiger partial charge in [-0.25, -0.2) is 0 Å². The maximum Gasteiger partial charge on any atom is 0.263 e. The summed E-state index contributed by atoms with van der Waals surface area (Å²) < 4.78 is 1.05. The minimum atomic E-state index is 0.152. The second kappa shape index (κ2) is 5.72. The summed E-state index contributed by atoms with van der Waals surface area (Å²) in [6.07, 6.45) is 2.19. The average molecular weight is 331 g/mol. The molecule has 2 rings (SSSR count). The van der Waals surface area contributed by atoms with E-state index in [4.69, 9.17) is 5.73 Å². The lowest BCUT2D eigenvalue weighted by Gasteiger charge is -2.34. The van der Waals surface area contributed by atoms with Crippen molar-refractivity contribution in [2.24, 2.45) is 11.7 Å². The van der Waals surface area contributed by atoms with Crippen LogP contribution >= 0.6 is 27.3 Å².